The molecule has 19 heavy (non-hydrogen) atoms. The number of aryl methyl sites for hydroxylation is 1. The average molecular weight is 274 g/mol. The van der Waals surface area contributed by atoms with Crippen molar-refractivity contribution in [2.24, 2.45) is 4.99 Å². The first kappa shape index (κ1) is 12.4. The minimum absolute atomic E-state index is 0.212. The van der Waals surface area contributed by atoms with Gasteiger partial charge in [-0.1, -0.05) is 6.92 Å². The van der Waals surface area contributed by atoms with Gasteiger partial charge in [0.05, 0.1) is 17.3 Å². The minimum atomic E-state index is -0.212. The van der Waals surface area contributed by atoms with E-state index >= 15 is 0 Å². The first-order valence-electron chi connectivity index (χ1n) is 6.45. The van der Waals surface area contributed by atoms with E-state index in [1.54, 1.807) is 23.5 Å². The highest BCUT2D eigenvalue weighted by Crippen LogP contribution is 2.32. The Morgan fingerprint density at radius 2 is 2.11 bits per heavy atom. The van der Waals surface area contributed by atoms with E-state index in [1.807, 2.05) is 0 Å². The summed E-state index contributed by atoms with van der Waals surface area (Å²) in [7, 11) is 0. The van der Waals surface area contributed by atoms with E-state index in [9.17, 15) is 4.39 Å². The van der Waals surface area contributed by atoms with Crippen LogP contribution in [-0.4, -0.2) is 18.8 Å². The third kappa shape index (κ3) is 2.40. The van der Waals surface area contributed by atoms with E-state index in [4.69, 9.17) is 0 Å². The number of nitrogens with one attached hydrogen (secondary N) is 1. The fraction of sp³-hybridized carbons (Fsp3) is 0.267. The second-order valence-corrected chi connectivity index (χ2v) is 5.61. The summed E-state index contributed by atoms with van der Waals surface area (Å²) >= 11 is 1.78. The van der Waals surface area contributed by atoms with Crippen LogP contribution < -0.4 is 5.32 Å². The second-order valence-electron chi connectivity index (χ2n) is 4.47. The van der Waals surface area contributed by atoms with E-state index in [-0.39, 0.29) is 5.82 Å². The van der Waals surface area contributed by atoms with E-state index in [0.29, 0.717) is 0 Å². The van der Waals surface area contributed by atoms with Crippen molar-refractivity contribution in [3.8, 4) is 0 Å². The largest absolute Gasteiger partial charge is 0.375 e. The van der Waals surface area contributed by atoms with Crippen LogP contribution in [0, 0.1) is 5.82 Å². The highest BCUT2D eigenvalue weighted by molar-refractivity contribution is 7.16. The average Bonchev–Trinajstić information content (AvgIpc) is 2.74. The lowest BCUT2D eigenvalue weighted by Gasteiger charge is -2.05. The van der Waals surface area contributed by atoms with Crippen molar-refractivity contribution < 1.29 is 4.39 Å². The van der Waals surface area contributed by atoms with Gasteiger partial charge in [0.15, 0.2) is 0 Å². The number of fused-ring (bicyclic) bond motifs is 1. The standard InChI is InChI=1S/C15H15FN2S/c1-2-12-9-13-14(10-3-5-11(16)6-4-10)17-7-8-18-15(13)19-12/h3-6,9,18H,2,7-8H2,1H3. The Balaban J connectivity index is 2.08. The summed E-state index contributed by atoms with van der Waals surface area (Å²) in [6, 6.07) is 8.77. The first-order chi connectivity index (χ1) is 9.28. The molecule has 98 valence electrons. The molecule has 0 unspecified atom stereocenters. The fourth-order valence-corrected chi connectivity index (χ4v) is 3.22. The van der Waals surface area contributed by atoms with Crippen LogP contribution in [0.4, 0.5) is 9.39 Å². The van der Waals surface area contributed by atoms with E-state index in [2.05, 4.69) is 23.3 Å². The minimum Gasteiger partial charge on any atom is -0.375 e. The van der Waals surface area contributed by atoms with E-state index in [1.165, 1.54) is 22.0 Å². The second kappa shape index (κ2) is 5.13. The van der Waals surface area contributed by atoms with Crippen molar-refractivity contribution in [3.05, 3.63) is 52.2 Å². The van der Waals surface area contributed by atoms with Gasteiger partial charge in [0, 0.05) is 22.5 Å². The quantitative estimate of drug-likeness (QED) is 0.887. The molecule has 4 heteroatoms. The molecule has 0 aliphatic carbocycles. The zero-order valence-corrected chi connectivity index (χ0v) is 11.6. The molecule has 0 fully saturated rings. The van der Waals surface area contributed by atoms with Gasteiger partial charge in [0.1, 0.15) is 5.82 Å². The summed E-state index contributed by atoms with van der Waals surface area (Å²) in [4.78, 5) is 5.99. The van der Waals surface area contributed by atoms with Crippen LogP contribution in [0.1, 0.15) is 22.9 Å². The molecule has 0 spiro atoms. The van der Waals surface area contributed by atoms with Crippen LogP contribution in [0.25, 0.3) is 0 Å². The first-order valence-corrected chi connectivity index (χ1v) is 7.27. The number of halogens is 1. The van der Waals surface area contributed by atoms with Crippen LogP contribution in [0.15, 0.2) is 35.3 Å². The Labute approximate surface area is 116 Å². The number of thiophene rings is 1. The number of hydrogen-bond acceptors (Lipinski definition) is 3. The molecule has 3 rings (SSSR count). The molecular weight excluding hydrogens is 259 g/mol. The Kier molecular flexibility index (Phi) is 3.34. The molecule has 0 saturated heterocycles. The number of benzene rings is 1. The SMILES string of the molecule is CCc1cc2c(s1)NCCN=C2c1ccc(F)cc1. The molecule has 0 bridgehead atoms. The highest BCUT2D eigenvalue weighted by Gasteiger charge is 2.17. The Morgan fingerprint density at radius 1 is 1.32 bits per heavy atom. The molecule has 0 radical (unpaired) electrons. The summed E-state index contributed by atoms with van der Waals surface area (Å²) in [6.45, 7) is 3.75. The van der Waals surface area contributed by atoms with Crippen molar-refractivity contribution in [3.63, 3.8) is 0 Å². The molecule has 2 heterocycles. The van der Waals surface area contributed by atoms with E-state index < -0.39 is 0 Å². The molecule has 0 atom stereocenters. The van der Waals surface area contributed by atoms with Gasteiger partial charge < -0.3 is 5.32 Å². The number of nitrogens with zero attached hydrogens (tertiary/aromatic N) is 1. The zero-order valence-electron chi connectivity index (χ0n) is 10.7. The third-order valence-electron chi connectivity index (χ3n) is 3.17. The molecule has 1 aliphatic rings. The van der Waals surface area contributed by atoms with Gasteiger partial charge >= 0.3 is 0 Å². The molecule has 2 aromatic rings. The summed E-state index contributed by atoms with van der Waals surface area (Å²) in [5, 5.41) is 4.60. The number of aliphatic imine (C=N–C) groups is 1. The maximum atomic E-state index is 13.0. The van der Waals surface area contributed by atoms with Crippen LogP contribution in [0.2, 0.25) is 0 Å². The monoisotopic (exact) mass is 274 g/mol. The molecule has 2 nitrogen and oxygen atoms in total. The Bertz CT molecular complexity index is 614. The lowest BCUT2D eigenvalue weighted by molar-refractivity contribution is 0.628. The molecule has 0 saturated carbocycles. The van der Waals surface area contributed by atoms with Gasteiger partial charge in [-0.3, -0.25) is 4.99 Å². The maximum Gasteiger partial charge on any atom is 0.123 e. The summed E-state index contributed by atoms with van der Waals surface area (Å²) in [5.74, 6) is -0.212. The molecular formula is C15H15FN2S. The number of hydrogen-bond donors (Lipinski definition) is 1. The number of anilines is 1. The van der Waals surface area contributed by atoms with Crippen LogP contribution in [0.5, 0.6) is 0 Å². The Hall–Kier alpha value is -1.68. The third-order valence-corrected chi connectivity index (χ3v) is 4.41. The van der Waals surface area contributed by atoms with E-state index in [0.717, 1.165) is 36.3 Å². The summed E-state index contributed by atoms with van der Waals surface area (Å²) in [5.41, 5.74) is 3.09. The smallest absolute Gasteiger partial charge is 0.123 e. The molecule has 1 aromatic heterocycles. The topological polar surface area (TPSA) is 24.4 Å². The zero-order chi connectivity index (χ0) is 13.2. The molecule has 0 amide bonds. The summed E-state index contributed by atoms with van der Waals surface area (Å²) in [6.07, 6.45) is 1.02. The molecule has 1 aromatic carbocycles. The van der Waals surface area contributed by atoms with Gasteiger partial charge in [0.2, 0.25) is 0 Å². The fourth-order valence-electron chi connectivity index (χ4n) is 2.20. The van der Waals surface area contributed by atoms with Crippen molar-refractivity contribution in [1.29, 1.82) is 0 Å². The van der Waals surface area contributed by atoms with Gasteiger partial charge in [-0.15, -0.1) is 11.3 Å². The van der Waals surface area contributed by atoms with Gasteiger partial charge in [0.25, 0.3) is 0 Å². The Morgan fingerprint density at radius 3 is 2.84 bits per heavy atom. The highest BCUT2D eigenvalue weighted by atomic mass is 32.1. The van der Waals surface area contributed by atoms with Gasteiger partial charge in [-0.25, -0.2) is 4.39 Å². The van der Waals surface area contributed by atoms with Crippen molar-refractivity contribution >= 4 is 22.0 Å². The van der Waals surface area contributed by atoms with Crippen LogP contribution in [0.3, 0.4) is 0 Å². The van der Waals surface area contributed by atoms with Crippen molar-refractivity contribution in [1.82, 2.24) is 0 Å². The molecule has 1 aliphatic heterocycles. The predicted octanol–water partition coefficient (Wildman–Crippen LogP) is 3.71. The maximum absolute atomic E-state index is 13.0. The predicted molar refractivity (Wildman–Crippen MR) is 79.1 cm³/mol. The lowest BCUT2D eigenvalue weighted by atomic mass is 10.0. The van der Waals surface area contributed by atoms with Crippen LogP contribution in [-0.2, 0) is 6.42 Å². The molecule has 1 N–H and O–H groups in total. The summed E-state index contributed by atoms with van der Waals surface area (Å²) < 4.78 is 13.0. The van der Waals surface area contributed by atoms with Gasteiger partial charge in [-0.2, -0.15) is 0 Å². The lowest BCUT2D eigenvalue weighted by Crippen LogP contribution is -2.02. The van der Waals surface area contributed by atoms with Gasteiger partial charge in [-0.05, 0) is 36.8 Å². The normalized spacial score (nSPS) is 14.3. The van der Waals surface area contributed by atoms with Crippen molar-refractivity contribution in [2.75, 3.05) is 18.4 Å². The van der Waals surface area contributed by atoms with Crippen molar-refractivity contribution in [2.45, 2.75) is 13.3 Å². The number of rotatable bonds is 2. The van der Waals surface area contributed by atoms with Crippen LogP contribution >= 0.6 is 11.3 Å².